The second-order valence-corrected chi connectivity index (χ2v) is 7.59. The third-order valence-electron chi connectivity index (χ3n) is 3.69. The number of nitrogens with zero attached hydrogens (tertiary/aromatic N) is 2. The van der Waals surface area contributed by atoms with Crippen molar-refractivity contribution < 1.29 is 9.59 Å². The van der Waals surface area contributed by atoms with Crippen molar-refractivity contribution in [2.75, 3.05) is 17.3 Å². The average molecular weight is 408 g/mol. The number of carbonyl (C=O) groups excluding carboxylic acids is 2. The van der Waals surface area contributed by atoms with Gasteiger partial charge in [-0.1, -0.05) is 53.2 Å². The van der Waals surface area contributed by atoms with Gasteiger partial charge in [0, 0.05) is 29.2 Å². The van der Waals surface area contributed by atoms with E-state index in [-0.39, 0.29) is 18.2 Å². The first-order chi connectivity index (χ1) is 12.5. The van der Waals surface area contributed by atoms with Crippen molar-refractivity contribution in [1.82, 2.24) is 0 Å². The van der Waals surface area contributed by atoms with E-state index in [4.69, 9.17) is 23.2 Å². The summed E-state index contributed by atoms with van der Waals surface area (Å²) in [6.07, 6.45) is 0.120. The first-order valence-corrected chi connectivity index (χ1v) is 9.40. The number of halogens is 2. The summed E-state index contributed by atoms with van der Waals surface area (Å²) in [5.41, 5.74) is 1.24. The highest BCUT2D eigenvalue weighted by molar-refractivity contribution is 8.15. The highest BCUT2D eigenvalue weighted by Gasteiger charge is 2.40. The molecule has 1 aliphatic rings. The zero-order valence-corrected chi connectivity index (χ0v) is 16.1. The van der Waals surface area contributed by atoms with Crippen molar-refractivity contribution in [3.63, 3.8) is 0 Å². The summed E-state index contributed by atoms with van der Waals surface area (Å²) >= 11 is 13.2. The number of amidine groups is 1. The van der Waals surface area contributed by atoms with Crippen LogP contribution in [0.3, 0.4) is 0 Å². The van der Waals surface area contributed by atoms with Gasteiger partial charge in [0.05, 0.1) is 5.69 Å². The summed E-state index contributed by atoms with van der Waals surface area (Å²) in [5.74, 6) is -0.474. The van der Waals surface area contributed by atoms with Gasteiger partial charge in [-0.15, -0.1) is 0 Å². The molecule has 0 unspecified atom stereocenters. The minimum absolute atomic E-state index is 0.120. The fraction of sp³-hybridized carbons (Fsp3) is 0.167. The van der Waals surface area contributed by atoms with E-state index in [0.29, 0.717) is 26.6 Å². The molecule has 0 spiro atoms. The van der Waals surface area contributed by atoms with Crippen LogP contribution in [0.4, 0.5) is 11.4 Å². The average Bonchev–Trinajstić information content (AvgIpc) is 2.87. The van der Waals surface area contributed by atoms with Crippen molar-refractivity contribution in [3.05, 3.63) is 58.6 Å². The van der Waals surface area contributed by atoms with Gasteiger partial charge in [-0.25, -0.2) is 4.90 Å². The molecule has 1 fully saturated rings. The van der Waals surface area contributed by atoms with E-state index >= 15 is 0 Å². The fourth-order valence-electron chi connectivity index (χ4n) is 2.57. The SMILES string of the molecule is CN=C(Nc1cc(Cl)cc(Cl)c1)S[C@H]1CC(=O)N(c2ccccc2)C1=O. The quantitative estimate of drug-likeness (QED) is 0.463. The summed E-state index contributed by atoms with van der Waals surface area (Å²) in [7, 11) is 1.61. The maximum absolute atomic E-state index is 12.7. The number of hydrogen-bond acceptors (Lipinski definition) is 4. The predicted octanol–water partition coefficient (Wildman–Crippen LogP) is 4.46. The normalized spacial score (nSPS) is 17.7. The number of imide groups is 1. The Morgan fingerprint density at radius 3 is 2.42 bits per heavy atom. The van der Waals surface area contributed by atoms with Crippen LogP contribution in [0, 0.1) is 0 Å². The first-order valence-electron chi connectivity index (χ1n) is 7.76. The standard InChI is InChI=1S/C18H15Cl2N3O2S/c1-21-18(22-13-8-11(19)7-12(20)9-13)26-15-10-16(24)23(17(15)25)14-5-3-2-4-6-14/h2-9,15H,10H2,1H3,(H,21,22)/t15-/m0/s1. The molecule has 8 heteroatoms. The zero-order chi connectivity index (χ0) is 18.7. The van der Waals surface area contributed by atoms with Crippen LogP contribution in [0.15, 0.2) is 53.5 Å². The molecule has 0 saturated carbocycles. The van der Waals surface area contributed by atoms with E-state index < -0.39 is 5.25 Å². The minimum atomic E-state index is -0.538. The number of amides is 2. The van der Waals surface area contributed by atoms with Gasteiger partial charge >= 0.3 is 0 Å². The maximum Gasteiger partial charge on any atom is 0.247 e. The molecule has 1 N–H and O–H groups in total. The van der Waals surface area contributed by atoms with Crippen molar-refractivity contribution in [3.8, 4) is 0 Å². The third kappa shape index (κ3) is 4.20. The smallest absolute Gasteiger partial charge is 0.247 e. The van der Waals surface area contributed by atoms with Gasteiger partial charge in [-0.2, -0.15) is 0 Å². The van der Waals surface area contributed by atoms with Gasteiger partial charge in [0.2, 0.25) is 11.8 Å². The fourth-order valence-corrected chi connectivity index (χ4v) is 4.08. The van der Waals surface area contributed by atoms with E-state index in [2.05, 4.69) is 10.3 Å². The molecule has 1 aliphatic heterocycles. The number of para-hydroxylation sites is 1. The van der Waals surface area contributed by atoms with E-state index in [1.54, 1.807) is 49.5 Å². The molecule has 0 aliphatic carbocycles. The Labute approximate surface area is 165 Å². The minimum Gasteiger partial charge on any atom is -0.335 e. The van der Waals surface area contributed by atoms with Crippen LogP contribution in [-0.4, -0.2) is 29.3 Å². The predicted molar refractivity (Wildman–Crippen MR) is 108 cm³/mol. The number of aliphatic imine (C=N–C) groups is 1. The Bertz CT molecular complexity index is 854. The lowest BCUT2D eigenvalue weighted by Gasteiger charge is -2.15. The van der Waals surface area contributed by atoms with E-state index in [1.165, 1.54) is 16.7 Å². The Kier molecular flexibility index (Phi) is 5.86. The van der Waals surface area contributed by atoms with E-state index in [1.807, 2.05) is 6.07 Å². The third-order valence-corrected chi connectivity index (χ3v) is 5.29. The van der Waals surface area contributed by atoms with E-state index in [9.17, 15) is 9.59 Å². The largest absolute Gasteiger partial charge is 0.335 e. The highest BCUT2D eigenvalue weighted by atomic mass is 35.5. The summed E-state index contributed by atoms with van der Waals surface area (Å²) in [6.45, 7) is 0. The number of rotatable bonds is 3. The molecule has 2 aromatic rings. The van der Waals surface area contributed by atoms with Gasteiger partial charge in [-0.05, 0) is 30.3 Å². The molecule has 0 aromatic heterocycles. The molecule has 26 heavy (non-hydrogen) atoms. The van der Waals surface area contributed by atoms with Gasteiger partial charge in [0.25, 0.3) is 0 Å². The van der Waals surface area contributed by atoms with Crippen LogP contribution >= 0.6 is 35.0 Å². The molecule has 1 atom stereocenters. The first kappa shape index (κ1) is 18.8. The van der Waals surface area contributed by atoms with E-state index in [0.717, 1.165) is 0 Å². The number of benzene rings is 2. The summed E-state index contributed by atoms with van der Waals surface area (Å²) in [5, 5.41) is 4.03. The second-order valence-electron chi connectivity index (χ2n) is 5.53. The van der Waals surface area contributed by atoms with Gasteiger partial charge in [-0.3, -0.25) is 14.6 Å². The Hall–Kier alpha value is -2.02. The van der Waals surface area contributed by atoms with Crippen molar-refractivity contribution >= 4 is 63.3 Å². The summed E-state index contributed by atoms with van der Waals surface area (Å²) < 4.78 is 0. The van der Waals surface area contributed by atoms with Crippen molar-refractivity contribution in [2.45, 2.75) is 11.7 Å². The lowest BCUT2D eigenvalue weighted by Crippen LogP contribution is -2.31. The molecule has 2 amide bonds. The maximum atomic E-state index is 12.7. The molecule has 2 aromatic carbocycles. The summed E-state index contributed by atoms with van der Waals surface area (Å²) in [6, 6.07) is 13.9. The molecule has 134 valence electrons. The van der Waals surface area contributed by atoms with Crippen LogP contribution in [0.2, 0.25) is 10.0 Å². The lowest BCUT2D eigenvalue weighted by molar-refractivity contribution is -0.121. The molecule has 0 radical (unpaired) electrons. The van der Waals surface area contributed by atoms with Gasteiger partial charge in [0.1, 0.15) is 5.25 Å². The Balaban J connectivity index is 1.73. The highest BCUT2D eigenvalue weighted by Crippen LogP contribution is 2.31. The van der Waals surface area contributed by atoms with Crippen LogP contribution < -0.4 is 10.2 Å². The Morgan fingerprint density at radius 2 is 1.81 bits per heavy atom. The molecule has 3 rings (SSSR count). The van der Waals surface area contributed by atoms with Gasteiger partial charge < -0.3 is 5.32 Å². The molecule has 1 heterocycles. The second kappa shape index (κ2) is 8.12. The number of nitrogens with one attached hydrogen (secondary N) is 1. The van der Waals surface area contributed by atoms with Crippen molar-refractivity contribution in [2.24, 2.45) is 4.99 Å². The number of hydrogen-bond donors (Lipinski definition) is 1. The number of anilines is 2. The molecule has 5 nitrogen and oxygen atoms in total. The molecule has 1 saturated heterocycles. The van der Waals surface area contributed by atoms with Crippen LogP contribution in [0.25, 0.3) is 0 Å². The Morgan fingerprint density at radius 1 is 1.15 bits per heavy atom. The van der Waals surface area contributed by atoms with Crippen LogP contribution in [0.5, 0.6) is 0 Å². The monoisotopic (exact) mass is 407 g/mol. The zero-order valence-electron chi connectivity index (χ0n) is 13.8. The lowest BCUT2D eigenvalue weighted by atomic mass is 10.3. The molecular formula is C18H15Cl2N3O2S. The molecular weight excluding hydrogens is 393 g/mol. The van der Waals surface area contributed by atoms with Crippen LogP contribution in [0.1, 0.15) is 6.42 Å². The number of carbonyl (C=O) groups is 2. The number of thioether (sulfide) groups is 1. The van der Waals surface area contributed by atoms with Gasteiger partial charge in [0.15, 0.2) is 5.17 Å². The molecule has 0 bridgehead atoms. The van der Waals surface area contributed by atoms with Crippen molar-refractivity contribution in [1.29, 1.82) is 0 Å². The topological polar surface area (TPSA) is 61.8 Å². The summed E-state index contributed by atoms with van der Waals surface area (Å²) in [4.78, 5) is 30.4. The van der Waals surface area contributed by atoms with Crippen LogP contribution in [-0.2, 0) is 9.59 Å².